The number of hydrogen-bond donors (Lipinski definition) is 0. The first-order chi connectivity index (χ1) is 7.39. The topological polar surface area (TPSA) is 69.7 Å². The molecule has 0 heterocycles. The molecule has 7 heteroatoms. The molecule has 0 saturated carbocycles. The van der Waals surface area contributed by atoms with E-state index in [1.165, 1.54) is 0 Å². The second-order valence-electron chi connectivity index (χ2n) is 3.35. The van der Waals surface area contributed by atoms with Gasteiger partial charge < -0.3 is 6.16 Å². The summed E-state index contributed by atoms with van der Waals surface area (Å²) in [6.45, 7) is 6.89. The van der Waals surface area contributed by atoms with E-state index in [2.05, 4.69) is 10.8 Å². The molecule has 0 unspecified atom stereocenters. The van der Waals surface area contributed by atoms with Crippen LogP contribution in [-0.2, 0) is 23.8 Å². The Bertz CT molecular complexity index is 342. The minimum Gasteiger partial charge on any atom is -1.00 e. The molecule has 0 spiro atoms. The maximum absolute atomic E-state index is 11.1. The van der Waals surface area contributed by atoms with Crippen LogP contribution in [0.1, 0.15) is 28.1 Å². The Morgan fingerprint density at radius 3 is 2.41 bits per heavy atom. The van der Waals surface area contributed by atoms with E-state index in [1.54, 1.807) is 13.8 Å². The van der Waals surface area contributed by atoms with Crippen molar-refractivity contribution in [3.8, 4) is 0 Å². The zero-order chi connectivity index (χ0) is 12.6. The summed E-state index contributed by atoms with van der Waals surface area (Å²) in [4.78, 5) is 10.9. The fraction of sp³-hybridized carbons (Fsp3) is 0.700. The van der Waals surface area contributed by atoms with Gasteiger partial charge in [-0.05, 0) is 13.3 Å². The molecule has 0 atom stereocenters. The van der Waals surface area contributed by atoms with Crippen molar-refractivity contribution in [1.82, 2.24) is 0 Å². The first kappa shape index (κ1) is 19.5. The predicted molar refractivity (Wildman–Crippen MR) is 61.5 cm³/mol. The van der Waals surface area contributed by atoms with Crippen LogP contribution in [0.2, 0.25) is 0 Å². The second-order valence-corrected chi connectivity index (χ2v) is 5.11. The molecule has 96 valence electrons. The van der Waals surface area contributed by atoms with E-state index in [0.29, 0.717) is 18.4 Å². The molecule has 0 aromatic carbocycles. The maximum atomic E-state index is 11.1. The summed E-state index contributed by atoms with van der Waals surface area (Å²) in [7, 11) is -3.41. The van der Waals surface area contributed by atoms with E-state index in [4.69, 9.17) is 4.74 Å². The average molecular weight is 274 g/mol. The molecule has 17 heavy (non-hydrogen) atoms. The number of carbonyl (C=O) groups is 1. The van der Waals surface area contributed by atoms with E-state index in [0.717, 1.165) is 0 Å². The molecule has 0 aromatic rings. The summed E-state index contributed by atoms with van der Waals surface area (Å²) in [6.07, 6.45) is 0.870. The van der Waals surface area contributed by atoms with E-state index in [9.17, 15) is 13.2 Å². The molecule has 0 fully saturated rings. The van der Waals surface area contributed by atoms with E-state index in [1.807, 2.05) is 0 Å². The van der Waals surface area contributed by atoms with Crippen LogP contribution in [0.3, 0.4) is 0 Å². The number of ether oxygens (including phenoxy) is 1. The maximum Gasteiger partial charge on any atom is 1.00 e. The van der Waals surface area contributed by atoms with Crippen molar-refractivity contribution in [2.45, 2.75) is 26.7 Å². The SMILES string of the molecule is C=C(C)C(=O)OCCCOS(=O)(=O)CCC.[H-].[Na+]. The quantitative estimate of drug-likeness (QED) is 0.175. The van der Waals surface area contributed by atoms with Gasteiger partial charge in [-0.1, -0.05) is 13.5 Å². The molecule has 5 nitrogen and oxygen atoms in total. The van der Waals surface area contributed by atoms with Gasteiger partial charge in [0, 0.05) is 12.0 Å². The first-order valence-electron chi connectivity index (χ1n) is 5.08. The summed E-state index contributed by atoms with van der Waals surface area (Å²) in [5.74, 6) is -0.463. The Morgan fingerprint density at radius 1 is 1.35 bits per heavy atom. The molecule has 0 radical (unpaired) electrons. The van der Waals surface area contributed by atoms with Gasteiger partial charge in [-0.2, -0.15) is 8.42 Å². The summed E-state index contributed by atoms with van der Waals surface area (Å²) in [6, 6.07) is 0. The third-order valence-corrected chi connectivity index (χ3v) is 3.02. The molecular weight excluding hydrogens is 255 g/mol. The van der Waals surface area contributed by atoms with Crippen LogP contribution in [0.25, 0.3) is 0 Å². The van der Waals surface area contributed by atoms with E-state index in [-0.39, 0.29) is 50.0 Å². The molecule has 0 aliphatic carbocycles. The second kappa shape index (κ2) is 10.1. The van der Waals surface area contributed by atoms with Crippen molar-refractivity contribution in [2.75, 3.05) is 19.0 Å². The van der Waals surface area contributed by atoms with Crippen LogP contribution in [0.4, 0.5) is 0 Å². The van der Waals surface area contributed by atoms with Crippen molar-refractivity contribution in [2.24, 2.45) is 0 Å². The fourth-order valence-electron chi connectivity index (χ4n) is 0.842. The van der Waals surface area contributed by atoms with Gasteiger partial charge in [-0.15, -0.1) is 0 Å². The number of hydrogen-bond acceptors (Lipinski definition) is 5. The number of esters is 1. The third-order valence-electron chi connectivity index (χ3n) is 1.59. The van der Waals surface area contributed by atoms with Crippen LogP contribution in [0.5, 0.6) is 0 Å². The molecular formula is C10H19NaO5S. The van der Waals surface area contributed by atoms with Gasteiger partial charge in [0.1, 0.15) is 0 Å². The van der Waals surface area contributed by atoms with Crippen molar-refractivity contribution < 1.29 is 53.1 Å². The van der Waals surface area contributed by atoms with Gasteiger partial charge in [0.15, 0.2) is 0 Å². The van der Waals surface area contributed by atoms with Crippen molar-refractivity contribution in [3.63, 3.8) is 0 Å². The monoisotopic (exact) mass is 274 g/mol. The standard InChI is InChI=1S/C10H18O5S.Na.H/c1-4-8-16(12,13)15-7-5-6-14-10(11)9(2)3;;/h2,4-8H2,1,3H3;;/q;+1;-1. The van der Waals surface area contributed by atoms with E-state index < -0.39 is 16.1 Å². The smallest absolute Gasteiger partial charge is 1.00 e. The van der Waals surface area contributed by atoms with Crippen molar-refractivity contribution in [1.29, 1.82) is 0 Å². The van der Waals surface area contributed by atoms with Gasteiger partial charge in [-0.25, -0.2) is 4.79 Å². The Balaban J connectivity index is -0.00000112. The average Bonchev–Trinajstić information content (AvgIpc) is 2.16. The minimum atomic E-state index is -3.41. The number of carbonyl (C=O) groups excluding carboxylic acids is 1. The van der Waals surface area contributed by atoms with Gasteiger partial charge >= 0.3 is 35.5 Å². The largest absolute Gasteiger partial charge is 1.00 e. The first-order valence-corrected chi connectivity index (χ1v) is 6.66. The predicted octanol–water partition coefficient (Wildman–Crippen LogP) is -1.63. The molecule has 0 aliphatic heterocycles. The molecule has 0 rings (SSSR count). The summed E-state index contributed by atoms with van der Waals surface area (Å²) in [5, 5.41) is 0. The Kier molecular flexibility index (Phi) is 11.5. The summed E-state index contributed by atoms with van der Waals surface area (Å²) in [5.41, 5.74) is 0.319. The third kappa shape index (κ3) is 11.0. The van der Waals surface area contributed by atoms with Gasteiger partial charge in [-0.3, -0.25) is 4.18 Å². The zero-order valence-corrected chi connectivity index (χ0v) is 13.5. The van der Waals surface area contributed by atoms with Crippen molar-refractivity contribution >= 4 is 16.1 Å². The van der Waals surface area contributed by atoms with E-state index >= 15 is 0 Å². The Morgan fingerprint density at radius 2 is 1.94 bits per heavy atom. The summed E-state index contributed by atoms with van der Waals surface area (Å²) >= 11 is 0. The van der Waals surface area contributed by atoms with Crippen LogP contribution in [-0.4, -0.2) is 33.4 Å². The van der Waals surface area contributed by atoms with Crippen molar-refractivity contribution in [3.05, 3.63) is 12.2 Å². The fourth-order valence-corrected chi connectivity index (χ4v) is 1.83. The molecule has 0 aliphatic rings. The Hall–Kier alpha value is 0.120. The minimum absolute atomic E-state index is 0. The molecule has 0 N–H and O–H groups in total. The normalized spacial score (nSPS) is 10.5. The van der Waals surface area contributed by atoms with Gasteiger partial charge in [0.25, 0.3) is 10.1 Å². The summed E-state index contributed by atoms with van der Waals surface area (Å²) < 4.78 is 31.6. The van der Waals surface area contributed by atoms with Crippen LogP contribution in [0, 0.1) is 0 Å². The molecule has 0 saturated heterocycles. The molecule has 0 bridgehead atoms. The zero-order valence-electron chi connectivity index (χ0n) is 11.7. The van der Waals surface area contributed by atoms with Crippen LogP contribution < -0.4 is 29.6 Å². The van der Waals surface area contributed by atoms with Gasteiger partial charge in [0.05, 0.1) is 19.0 Å². The number of rotatable bonds is 8. The van der Waals surface area contributed by atoms with Crippen LogP contribution >= 0.6 is 0 Å². The molecule has 0 aromatic heterocycles. The van der Waals surface area contributed by atoms with Crippen LogP contribution in [0.15, 0.2) is 12.2 Å². The molecule has 0 amide bonds. The van der Waals surface area contributed by atoms with Gasteiger partial charge in [0.2, 0.25) is 0 Å². The Labute approximate surface area is 126 Å².